The molecule has 0 aliphatic rings. The van der Waals surface area contributed by atoms with Crippen LogP contribution in [0.4, 0.5) is 0 Å². The summed E-state index contributed by atoms with van der Waals surface area (Å²) in [4.78, 5) is 0.343. The number of benzene rings is 3. The summed E-state index contributed by atoms with van der Waals surface area (Å²) in [7, 11) is 0. The molecule has 1 unspecified atom stereocenters. The maximum atomic E-state index is 3.89. The molecule has 0 radical (unpaired) electrons. The highest BCUT2D eigenvalue weighted by Gasteiger charge is 2.14. The van der Waals surface area contributed by atoms with Crippen molar-refractivity contribution in [2.45, 2.75) is 18.2 Å². The molecule has 0 N–H and O–H groups in total. The SMILES string of the molecule is Cc1cccc(C(Br)Cc2cccc3ccccc23)c1I. The molecule has 0 aromatic heterocycles. The van der Waals surface area contributed by atoms with Crippen molar-refractivity contribution in [3.8, 4) is 0 Å². The lowest BCUT2D eigenvalue weighted by Crippen LogP contribution is -2.00. The minimum Gasteiger partial charge on any atom is -0.0835 e. The van der Waals surface area contributed by atoms with E-state index in [9.17, 15) is 0 Å². The fourth-order valence-electron chi connectivity index (χ4n) is 2.69. The van der Waals surface area contributed by atoms with Crippen molar-refractivity contribution in [1.82, 2.24) is 0 Å². The fraction of sp³-hybridized carbons (Fsp3) is 0.158. The van der Waals surface area contributed by atoms with Crippen LogP contribution >= 0.6 is 38.5 Å². The van der Waals surface area contributed by atoms with Crippen LogP contribution in [0.5, 0.6) is 0 Å². The molecule has 0 nitrogen and oxygen atoms in total. The van der Waals surface area contributed by atoms with Gasteiger partial charge in [0, 0.05) is 8.40 Å². The summed E-state index contributed by atoms with van der Waals surface area (Å²) in [5, 5.41) is 2.67. The van der Waals surface area contributed by atoms with E-state index in [4.69, 9.17) is 0 Å². The van der Waals surface area contributed by atoms with E-state index in [-0.39, 0.29) is 0 Å². The number of hydrogen-bond donors (Lipinski definition) is 0. The van der Waals surface area contributed by atoms with Crippen molar-refractivity contribution < 1.29 is 0 Å². The Labute approximate surface area is 147 Å². The first kappa shape index (κ1) is 15.0. The van der Waals surface area contributed by atoms with Gasteiger partial charge in [0.25, 0.3) is 0 Å². The summed E-state index contributed by atoms with van der Waals surface area (Å²) < 4.78 is 1.36. The molecule has 0 fully saturated rings. The molecular formula is C19H16BrI. The van der Waals surface area contributed by atoms with Gasteiger partial charge in [0.05, 0.1) is 0 Å². The molecule has 21 heavy (non-hydrogen) atoms. The first-order chi connectivity index (χ1) is 10.2. The molecular weight excluding hydrogens is 435 g/mol. The van der Waals surface area contributed by atoms with Crippen LogP contribution in [0.25, 0.3) is 10.8 Å². The van der Waals surface area contributed by atoms with Gasteiger partial charge in [-0.25, -0.2) is 0 Å². The smallest absolute Gasteiger partial charge is 0.0446 e. The predicted molar refractivity (Wildman–Crippen MR) is 103 cm³/mol. The summed E-state index contributed by atoms with van der Waals surface area (Å²) in [6.45, 7) is 2.17. The molecule has 0 aliphatic carbocycles. The van der Waals surface area contributed by atoms with Crippen molar-refractivity contribution in [2.24, 2.45) is 0 Å². The van der Waals surface area contributed by atoms with Gasteiger partial charge in [-0.1, -0.05) is 76.6 Å². The third-order valence-corrected chi connectivity index (χ3v) is 6.13. The van der Waals surface area contributed by atoms with E-state index in [0.717, 1.165) is 6.42 Å². The van der Waals surface area contributed by atoms with Crippen molar-refractivity contribution in [2.75, 3.05) is 0 Å². The molecule has 106 valence electrons. The van der Waals surface area contributed by atoms with E-state index in [1.807, 2.05) is 0 Å². The number of hydrogen-bond acceptors (Lipinski definition) is 0. The first-order valence-electron chi connectivity index (χ1n) is 7.02. The molecule has 3 aromatic carbocycles. The van der Waals surface area contributed by atoms with Gasteiger partial charge in [-0.2, -0.15) is 0 Å². The van der Waals surface area contributed by atoms with Gasteiger partial charge < -0.3 is 0 Å². The van der Waals surface area contributed by atoms with Gasteiger partial charge in [0.15, 0.2) is 0 Å². The Kier molecular flexibility index (Phi) is 4.65. The number of halogens is 2. The van der Waals surface area contributed by atoms with Gasteiger partial charge >= 0.3 is 0 Å². The average molecular weight is 451 g/mol. The average Bonchev–Trinajstić information content (AvgIpc) is 2.50. The molecule has 0 heterocycles. The van der Waals surface area contributed by atoms with E-state index in [0.29, 0.717) is 4.83 Å². The van der Waals surface area contributed by atoms with Crippen LogP contribution in [0.15, 0.2) is 60.7 Å². The second-order valence-electron chi connectivity index (χ2n) is 5.29. The molecule has 0 spiro atoms. The number of rotatable bonds is 3. The minimum atomic E-state index is 0.343. The second-order valence-corrected chi connectivity index (χ2v) is 7.47. The fourth-order valence-corrected chi connectivity index (χ4v) is 4.58. The Morgan fingerprint density at radius 2 is 1.67 bits per heavy atom. The van der Waals surface area contributed by atoms with Gasteiger partial charge in [-0.3, -0.25) is 0 Å². The van der Waals surface area contributed by atoms with Crippen molar-refractivity contribution >= 4 is 49.3 Å². The lowest BCUT2D eigenvalue weighted by atomic mass is 9.98. The Morgan fingerprint density at radius 3 is 2.52 bits per heavy atom. The topological polar surface area (TPSA) is 0 Å². The largest absolute Gasteiger partial charge is 0.0835 e. The molecule has 1 atom stereocenters. The van der Waals surface area contributed by atoms with Gasteiger partial charge in [0.1, 0.15) is 0 Å². The summed E-state index contributed by atoms with van der Waals surface area (Å²) in [6, 6.07) is 21.7. The third-order valence-electron chi connectivity index (χ3n) is 3.84. The highest BCUT2D eigenvalue weighted by Crippen LogP contribution is 2.33. The highest BCUT2D eigenvalue weighted by atomic mass is 127. The zero-order chi connectivity index (χ0) is 14.8. The second kappa shape index (κ2) is 6.49. The number of alkyl halides is 1. The van der Waals surface area contributed by atoms with Crippen molar-refractivity contribution in [1.29, 1.82) is 0 Å². The van der Waals surface area contributed by atoms with Crippen molar-refractivity contribution in [3.05, 3.63) is 80.9 Å². The molecule has 3 aromatic rings. The van der Waals surface area contributed by atoms with Crippen LogP contribution in [0.3, 0.4) is 0 Å². The Balaban J connectivity index is 1.97. The lowest BCUT2D eigenvalue weighted by Gasteiger charge is -2.15. The molecule has 2 heteroatoms. The van der Waals surface area contributed by atoms with Gasteiger partial charge in [-0.05, 0) is 63.4 Å². The summed E-state index contributed by atoms with van der Waals surface area (Å²) >= 11 is 6.34. The lowest BCUT2D eigenvalue weighted by molar-refractivity contribution is 0.948. The molecule has 0 bridgehead atoms. The van der Waals surface area contributed by atoms with Crippen LogP contribution in [0, 0.1) is 10.5 Å². The molecule has 0 saturated heterocycles. The molecule has 0 amide bonds. The third kappa shape index (κ3) is 3.16. The van der Waals surface area contributed by atoms with Crippen molar-refractivity contribution in [3.63, 3.8) is 0 Å². The van der Waals surface area contributed by atoms with E-state index in [2.05, 4.69) is 106 Å². The zero-order valence-electron chi connectivity index (χ0n) is 11.8. The first-order valence-corrected chi connectivity index (χ1v) is 9.02. The molecule has 0 aliphatic heterocycles. The Hall–Kier alpha value is -0.870. The predicted octanol–water partition coefficient (Wildman–Crippen LogP) is 6.43. The number of fused-ring (bicyclic) bond motifs is 1. The standard InChI is InChI=1S/C19H16BrI/c1-13-6-4-11-17(19(13)21)18(20)12-15-9-5-8-14-7-2-3-10-16(14)15/h2-11,18H,12H2,1H3. The minimum absolute atomic E-state index is 0.343. The van der Waals surface area contributed by atoms with Gasteiger partial charge in [-0.15, -0.1) is 0 Å². The highest BCUT2D eigenvalue weighted by molar-refractivity contribution is 14.1. The van der Waals surface area contributed by atoms with E-state index in [1.165, 1.54) is 31.0 Å². The van der Waals surface area contributed by atoms with E-state index < -0.39 is 0 Å². The van der Waals surface area contributed by atoms with Crippen LogP contribution < -0.4 is 0 Å². The Bertz CT molecular complexity index is 774. The number of aryl methyl sites for hydroxylation is 1. The molecule has 0 saturated carbocycles. The Morgan fingerprint density at radius 1 is 0.952 bits per heavy atom. The normalized spacial score (nSPS) is 12.5. The van der Waals surface area contributed by atoms with Crippen LogP contribution in [0.1, 0.15) is 21.5 Å². The van der Waals surface area contributed by atoms with E-state index in [1.54, 1.807) is 0 Å². The van der Waals surface area contributed by atoms with Crippen LogP contribution in [-0.4, -0.2) is 0 Å². The molecule has 3 rings (SSSR count). The van der Waals surface area contributed by atoms with Gasteiger partial charge in [0.2, 0.25) is 0 Å². The van der Waals surface area contributed by atoms with Crippen LogP contribution in [0.2, 0.25) is 0 Å². The summed E-state index contributed by atoms with van der Waals surface area (Å²) in [6.07, 6.45) is 1.00. The maximum Gasteiger partial charge on any atom is 0.0446 e. The van der Waals surface area contributed by atoms with Crippen LogP contribution in [-0.2, 0) is 6.42 Å². The summed E-state index contributed by atoms with van der Waals surface area (Å²) in [5.74, 6) is 0. The maximum absolute atomic E-state index is 3.89. The quantitative estimate of drug-likeness (QED) is 0.318. The monoisotopic (exact) mass is 450 g/mol. The van der Waals surface area contributed by atoms with E-state index >= 15 is 0 Å². The summed E-state index contributed by atoms with van der Waals surface area (Å²) in [5.41, 5.74) is 4.12. The zero-order valence-corrected chi connectivity index (χ0v) is 15.6.